The summed E-state index contributed by atoms with van der Waals surface area (Å²) in [6.45, 7) is 6.37. The van der Waals surface area contributed by atoms with E-state index in [1.165, 1.54) is 18.4 Å². The normalized spacial score (nSPS) is 40.4. The molecule has 1 aromatic carbocycles. The van der Waals surface area contributed by atoms with Gasteiger partial charge in [0.2, 0.25) is 0 Å². The molecule has 24 heavy (non-hydrogen) atoms. The molecule has 0 aromatic heterocycles. The zero-order valence-corrected chi connectivity index (χ0v) is 15.0. The second-order valence-corrected chi connectivity index (χ2v) is 8.48. The Morgan fingerprint density at radius 3 is 2.92 bits per heavy atom. The number of aliphatic hydroxyl groups is 1. The number of hydrogen-bond donors (Lipinski definition) is 1. The molecular weight excluding hydrogens is 296 g/mol. The molecule has 2 heteroatoms. The summed E-state index contributed by atoms with van der Waals surface area (Å²) in [6.07, 6.45) is 8.75. The van der Waals surface area contributed by atoms with Crippen molar-refractivity contribution in [1.82, 2.24) is 0 Å². The van der Waals surface area contributed by atoms with Gasteiger partial charge in [-0.2, -0.15) is 0 Å². The minimum absolute atomic E-state index is 0.106. The van der Waals surface area contributed by atoms with Crippen LogP contribution in [-0.4, -0.2) is 18.3 Å². The summed E-state index contributed by atoms with van der Waals surface area (Å²) in [5.41, 5.74) is 3.15. The molecule has 0 bridgehead atoms. The predicted octanol–water partition coefficient (Wildman–Crippen LogP) is 4.71. The molecule has 2 saturated carbocycles. The van der Waals surface area contributed by atoms with Crippen LogP contribution in [0, 0.1) is 23.2 Å². The fourth-order valence-electron chi connectivity index (χ4n) is 6.31. The van der Waals surface area contributed by atoms with Gasteiger partial charge in [-0.25, -0.2) is 0 Å². The third-order valence-electron chi connectivity index (χ3n) is 7.53. The van der Waals surface area contributed by atoms with Crippen LogP contribution in [0.3, 0.4) is 0 Å². The highest BCUT2D eigenvalue weighted by atomic mass is 16.5. The van der Waals surface area contributed by atoms with Gasteiger partial charge in [0, 0.05) is 0 Å². The second kappa shape index (κ2) is 5.91. The quantitative estimate of drug-likeness (QED) is 0.815. The van der Waals surface area contributed by atoms with Crippen molar-refractivity contribution in [1.29, 1.82) is 0 Å². The van der Waals surface area contributed by atoms with Crippen molar-refractivity contribution in [2.75, 3.05) is 7.11 Å². The van der Waals surface area contributed by atoms with Gasteiger partial charge in [0.1, 0.15) is 5.75 Å². The number of methoxy groups -OCH3 is 1. The van der Waals surface area contributed by atoms with E-state index in [1.807, 2.05) is 0 Å². The lowest BCUT2D eigenvalue weighted by molar-refractivity contribution is -0.0377. The minimum Gasteiger partial charge on any atom is -0.497 e. The summed E-state index contributed by atoms with van der Waals surface area (Å²) in [5.74, 6) is 3.63. The highest BCUT2D eigenvalue weighted by Gasteiger charge is 2.56. The molecular formula is C22H30O2. The zero-order chi connectivity index (χ0) is 16.9. The van der Waals surface area contributed by atoms with Gasteiger partial charge in [0.15, 0.2) is 0 Å². The monoisotopic (exact) mass is 326 g/mol. The molecule has 0 amide bonds. The number of ether oxygens (including phenoxy) is 1. The largest absolute Gasteiger partial charge is 0.497 e. The Kier molecular flexibility index (Phi) is 3.99. The maximum atomic E-state index is 10.6. The topological polar surface area (TPSA) is 29.5 Å². The first kappa shape index (κ1) is 16.2. The first-order valence-electron chi connectivity index (χ1n) is 9.54. The molecule has 1 N–H and O–H groups in total. The number of allylic oxidation sites excluding steroid dienone is 1. The van der Waals surface area contributed by atoms with E-state index in [1.54, 1.807) is 12.7 Å². The van der Waals surface area contributed by atoms with Gasteiger partial charge in [-0.3, -0.25) is 0 Å². The average molecular weight is 326 g/mol. The van der Waals surface area contributed by atoms with E-state index in [0.717, 1.165) is 31.4 Å². The van der Waals surface area contributed by atoms with Crippen molar-refractivity contribution >= 4 is 0 Å². The van der Waals surface area contributed by atoms with Gasteiger partial charge >= 0.3 is 0 Å². The summed E-state index contributed by atoms with van der Waals surface area (Å²) in [6, 6.07) is 6.68. The first-order chi connectivity index (χ1) is 11.6. The molecule has 1 aromatic rings. The fourth-order valence-corrected chi connectivity index (χ4v) is 6.31. The smallest absolute Gasteiger partial charge is 0.119 e. The number of benzene rings is 1. The Balaban J connectivity index is 1.76. The molecule has 3 aliphatic rings. The Bertz CT molecular complexity index is 637. The highest BCUT2D eigenvalue weighted by molar-refractivity contribution is 5.41. The Hall–Kier alpha value is -1.28. The Morgan fingerprint density at radius 2 is 2.17 bits per heavy atom. The van der Waals surface area contributed by atoms with Crippen molar-refractivity contribution in [2.24, 2.45) is 23.2 Å². The molecule has 0 spiro atoms. The van der Waals surface area contributed by atoms with Gasteiger partial charge < -0.3 is 9.84 Å². The van der Waals surface area contributed by atoms with Gasteiger partial charge in [0.25, 0.3) is 0 Å². The van der Waals surface area contributed by atoms with Crippen molar-refractivity contribution in [2.45, 2.75) is 57.5 Å². The van der Waals surface area contributed by atoms with Gasteiger partial charge in [-0.05, 0) is 90.9 Å². The summed E-state index contributed by atoms with van der Waals surface area (Å²) in [5, 5.41) is 10.6. The molecule has 0 aliphatic heterocycles. The number of hydrogen-bond acceptors (Lipinski definition) is 2. The highest BCUT2D eigenvalue weighted by Crippen LogP contribution is 2.62. The molecule has 3 aliphatic carbocycles. The lowest BCUT2D eigenvalue weighted by atomic mass is 9.52. The van der Waals surface area contributed by atoms with E-state index in [0.29, 0.717) is 23.7 Å². The standard InChI is InChI=1S/C22H30O2/c1-4-5-14-12-15-13-16(24-3)6-7-17(15)18-10-11-22(2)19(21(14)18)8-9-20(22)23/h4,6-7,13-14,18-21,23H,1,5,8-12H2,2-3H3/t14?,18?,19?,20-,21?,22-/m0/s1. The molecule has 130 valence electrons. The zero-order valence-electron chi connectivity index (χ0n) is 15.0. The first-order valence-corrected chi connectivity index (χ1v) is 9.54. The van der Waals surface area contributed by atoms with Crippen molar-refractivity contribution in [3.63, 3.8) is 0 Å². The SMILES string of the molecule is C=CCC1Cc2cc(OC)ccc2C2CC[C@@]3(C)C(CC[C@@H]3O)C12. The van der Waals surface area contributed by atoms with E-state index < -0.39 is 0 Å². The van der Waals surface area contributed by atoms with Crippen LogP contribution < -0.4 is 4.74 Å². The van der Waals surface area contributed by atoms with Crippen LogP contribution in [0.5, 0.6) is 5.75 Å². The van der Waals surface area contributed by atoms with Crippen molar-refractivity contribution < 1.29 is 9.84 Å². The summed E-state index contributed by atoms with van der Waals surface area (Å²) >= 11 is 0. The summed E-state index contributed by atoms with van der Waals surface area (Å²) < 4.78 is 5.46. The average Bonchev–Trinajstić information content (AvgIpc) is 2.89. The fraction of sp³-hybridized carbons (Fsp3) is 0.636. The Labute approximate surface area is 145 Å². The summed E-state index contributed by atoms with van der Waals surface area (Å²) in [7, 11) is 1.75. The summed E-state index contributed by atoms with van der Waals surface area (Å²) in [4.78, 5) is 0. The van der Waals surface area contributed by atoms with Crippen LogP contribution >= 0.6 is 0 Å². The lowest BCUT2D eigenvalue weighted by Gasteiger charge is -2.53. The molecule has 0 heterocycles. The molecule has 2 nitrogen and oxygen atoms in total. The van der Waals surface area contributed by atoms with Crippen molar-refractivity contribution in [3.05, 3.63) is 42.0 Å². The number of fused-ring (bicyclic) bond motifs is 5. The van der Waals surface area contributed by atoms with Crippen LogP contribution in [-0.2, 0) is 6.42 Å². The van der Waals surface area contributed by atoms with E-state index in [-0.39, 0.29) is 11.5 Å². The number of rotatable bonds is 3. The van der Waals surface area contributed by atoms with Gasteiger partial charge in [-0.1, -0.05) is 19.1 Å². The van der Waals surface area contributed by atoms with Crippen molar-refractivity contribution in [3.8, 4) is 5.75 Å². The van der Waals surface area contributed by atoms with E-state index in [2.05, 4.69) is 37.8 Å². The molecule has 0 radical (unpaired) electrons. The van der Waals surface area contributed by atoms with E-state index in [4.69, 9.17) is 4.74 Å². The minimum atomic E-state index is -0.106. The third kappa shape index (κ3) is 2.26. The number of aliphatic hydroxyl groups excluding tert-OH is 1. The van der Waals surface area contributed by atoms with Gasteiger partial charge in [-0.15, -0.1) is 6.58 Å². The van der Waals surface area contributed by atoms with E-state index in [9.17, 15) is 5.11 Å². The molecule has 2 fully saturated rings. The third-order valence-corrected chi connectivity index (χ3v) is 7.53. The van der Waals surface area contributed by atoms with Crippen LogP contribution in [0.25, 0.3) is 0 Å². The maximum Gasteiger partial charge on any atom is 0.119 e. The van der Waals surface area contributed by atoms with Crippen LogP contribution in [0.1, 0.15) is 56.1 Å². The van der Waals surface area contributed by atoms with Crippen LogP contribution in [0.4, 0.5) is 0 Å². The predicted molar refractivity (Wildman–Crippen MR) is 97.3 cm³/mol. The van der Waals surface area contributed by atoms with Crippen LogP contribution in [0.2, 0.25) is 0 Å². The maximum absolute atomic E-state index is 10.6. The molecule has 6 atom stereocenters. The molecule has 4 rings (SSSR count). The Morgan fingerprint density at radius 1 is 1.33 bits per heavy atom. The lowest BCUT2D eigenvalue weighted by Crippen LogP contribution is -2.47. The van der Waals surface area contributed by atoms with Crippen LogP contribution in [0.15, 0.2) is 30.9 Å². The molecule has 4 unspecified atom stereocenters. The molecule has 0 saturated heterocycles. The van der Waals surface area contributed by atoms with E-state index >= 15 is 0 Å². The van der Waals surface area contributed by atoms with Gasteiger partial charge in [0.05, 0.1) is 13.2 Å². The second-order valence-electron chi connectivity index (χ2n) is 8.48.